The summed E-state index contributed by atoms with van der Waals surface area (Å²) >= 11 is 0. The lowest BCUT2D eigenvalue weighted by atomic mass is 10.0. The molecule has 1 heterocycles. The van der Waals surface area contributed by atoms with Gasteiger partial charge in [-0.05, 0) is 73.4 Å². The number of hydrogen-bond donors (Lipinski definition) is 2. The summed E-state index contributed by atoms with van der Waals surface area (Å²) in [6, 6.07) is 15.2. The average molecular weight is 378 g/mol. The van der Waals surface area contributed by atoms with Crippen molar-refractivity contribution in [2.24, 2.45) is 0 Å². The third-order valence-corrected chi connectivity index (χ3v) is 4.37. The number of H-pyrrole nitrogens is 1. The molecule has 2 aromatic carbocycles. The van der Waals surface area contributed by atoms with Crippen molar-refractivity contribution in [2.75, 3.05) is 0 Å². The Bertz CT molecular complexity index is 1030. The molecular formula is C23H26N2O3. The maximum absolute atomic E-state index is 12.4. The number of carbonyl (C=O) groups excluding carboxylic acids is 1. The van der Waals surface area contributed by atoms with E-state index in [9.17, 15) is 9.59 Å². The monoisotopic (exact) mass is 378 g/mol. The van der Waals surface area contributed by atoms with Gasteiger partial charge in [0.2, 0.25) is 5.56 Å². The zero-order valence-electron chi connectivity index (χ0n) is 16.7. The molecule has 1 atom stereocenters. The molecule has 1 unspecified atom stereocenters. The van der Waals surface area contributed by atoms with Crippen LogP contribution in [-0.4, -0.2) is 22.5 Å². The minimum Gasteiger partial charge on any atom is -0.481 e. The van der Waals surface area contributed by atoms with Crippen LogP contribution in [0.15, 0.2) is 59.5 Å². The molecule has 0 radical (unpaired) electrons. The molecule has 0 saturated carbocycles. The lowest BCUT2D eigenvalue weighted by Gasteiger charge is -2.25. The molecule has 1 amide bonds. The van der Waals surface area contributed by atoms with Gasteiger partial charge in [0.1, 0.15) is 5.75 Å². The number of hydrogen-bond acceptors (Lipinski definition) is 3. The molecule has 0 aliphatic heterocycles. The second kappa shape index (κ2) is 7.89. The van der Waals surface area contributed by atoms with Crippen LogP contribution >= 0.6 is 0 Å². The van der Waals surface area contributed by atoms with Crippen LogP contribution in [0.2, 0.25) is 0 Å². The first kappa shape index (κ1) is 19.7. The van der Waals surface area contributed by atoms with E-state index in [1.807, 2.05) is 58.0 Å². The van der Waals surface area contributed by atoms with Crippen LogP contribution in [-0.2, 0) is 4.79 Å². The third-order valence-electron chi connectivity index (χ3n) is 4.37. The van der Waals surface area contributed by atoms with Crippen LogP contribution in [0.3, 0.4) is 0 Å². The molecular weight excluding hydrogens is 352 g/mol. The quantitative estimate of drug-likeness (QED) is 0.697. The zero-order chi connectivity index (χ0) is 20.3. The number of aromatic nitrogens is 1. The summed E-state index contributed by atoms with van der Waals surface area (Å²) in [6.45, 7) is 7.79. The summed E-state index contributed by atoms with van der Waals surface area (Å²) in [5, 5.41) is 5.05. The second-order valence-corrected chi connectivity index (χ2v) is 7.92. The van der Waals surface area contributed by atoms with Crippen molar-refractivity contribution >= 4 is 16.7 Å². The Balaban J connectivity index is 1.82. The lowest BCUT2D eigenvalue weighted by molar-refractivity contribution is -0.129. The molecule has 5 nitrogen and oxygen atoms in total. The van der Waals surface area contributed by atoms with Gasteiger partial charge in [0, 0.05) is 17.8 Å². The van der Waals surface area contributed by atoms with Gasteiger partial charge in [0.25, 0.3) is 5.91 Å². The molecule has 0 aliphatic rings. The Hall–Kier alpha value is -3.08. The maximum atomic E-state index is 12.4. The first-order valence-electron chi connectivity index (χ1n) is 9.47. The molecule has 0 aliphatic carbocycles. The molecule has 0 fully saturated rings. The van der Waals surface area contributed by atoms with Crippen LogP contribution in [0.1, 0.15) is 34.1 Å². The van der Waals surface area contributed by atoms with Gasteiger partial charge in [0.15, 0.2) is 6.10 Å². The molecule has 0 bridgehead atoms. The zero-order valence-corrected chi connectivity index (χ0v) is 16.7. The van der Waals surface area contributed by atoms with Crippen LogP contribution in [0, 0.1) is 0 Å². The topological polar surface area (TPSA) is 71.2 Å². The van der Waals surface area contributed by atoms with Crippen molar-refractivity contribution in [3.63, 3.8) is 0 Å². The molecule has 5 heteroatoms. The molecule has 2 N–H and O–H groups in total. The molecule has 146 valence electrons. The molecule has 3 aromatic rings. The van der Waals surface area contributed by atoms with E-state index in [1.165, 1.54) is 6.07 Å². The summed E-state index contributed by atoms with van der Waals surface area (Å²) < 4.78 is 5.96. The SMILES string of the molecule is CCC(Oc1ccc2cc(-c3ccc(=O)[nH]c3)ccc2c1)C(=O)NC(C)(C)C. The van der Waals surface area contributed by atoms with Crippen molar-refractivity contribution in [1.82, 2.24) is 10.3 Å². The summed E-state index contributed by atoms with van der Waals surface area (Å²) in [6.07, 6.45) is 1.77. The Morgan fingerprint density at radius 2 is 1.71 bits per heavy atom. The van der Waals surface area contributed by atoms with E-state index in [2.05, 4.69) is 16.4 Å². The van der Waals surface area contributed by atoms with Gasteiger partial charge in [-0.2, -0.15) is 0 Å². The highest BCUT2D eigenvalue weighted by atomic mass is 16.5. The highest BCUT2D eigenvalue weighted by molar-refractivity contribution is 5.88. The summed E-state index contributed by atoms with van der Waals surface area (Å²) in [5.74, 6) is 0.559. The fraction of sp³-hybridized carbons (Fsp3) is 0.304. The number of amides is 1. The van der Waals surface area contributed by atoms with Gasteiger partial charge in [0.05, 0.1) is 0 Å². The normalized spacial score (nSPS) is 12.6. The van der Waals surface area contributed by atoms with E-state index in [0.717, 1.165) is 21.9 Å². The van der Waals surface area contributed by atoms with Crippen molar-refractivity contribution in [2.45, 2.75) is 45.8 Å². The molecule has 0 saturated heterocycles. The van der Waals surface area contributed by atoms with Gasteiger partial charge in [-0.15, -0.1) is 0 Å². The summed E-state index contributed by atoms with van der Waals surface area (Å²) in [7, 11) is 0. The summed E-state index contributed by atoms with van der Waals surface area (Å²) in [4.78, 5) is 26.4. The predicted octanol–water partition coefficient (Wildman–Crippen LogP) is 4.27. The van der Waals surface area contributed by atoms with E-state index in [0.29, 0.717) is 12.2 Å². The van der Waals surface area contributed by atoms with Gasteiger partial charge in [-0.25, -0.2) is 0 Å². The van der Waals surface area contributed by atoms with E-state index in [4.69, 9.17) is 4.74 Å². The predicted molar refractivity (Wildman–Crippen MR) is 113 cm³/mol. The van der Waals surface area contributed by atoms with E-state index < -0.39 is 6.10 Å². The molecule has 3 rings (SSSR count). The lowest BCUT2D eigenvalue weighted by Crippen LogP contribution is -2.47. The number of fused-ring (bicyclic) bond motifs is 1. The molecule has 0 spiro atoms. The fourth-order valence-corrected chi connectivity index (χ4v) is 3.00. The molecule has 1 aromatic heterocycles. The Labute approximate surface area is 164 Å². The number of nitrogens with one attached hydrogen (secondary N) is 2. The summed E-state index contributed by atoms with van der Waals surface area (Å²) in [5.41, 5.74) is 1.56. The number of carbonyl (C=O) groups is 1. The smallest absolute Gasteiger partial charge is 0.261 e. The van der Waals surface area contributed by atoms with Crippen LogP contribution in [0.4, 0.5) is 0 Å². The van der Waals surface area contributed by atoms with Gasteiger partial charge >= 0.3 is 0 Å². The number of benzene rings is 2. The first-order valence-corrected chi connectivity index (χ1v) is 9.47. The van der Waals surface area contributed by atoms with Gasteiger partial charge < -0.3 is 15.0 Å². The van der Waals surface area contributed by atoms with Crippen LogP contribution in [0.5, 0.6) is 5.75 Å². The Morgan fingerprint density at radius 3 is 2.36 bits per heavy atom. The van der Waals surface area contributed by atoms with Crippen molar-refractivity contribution in [3.8, 4) is 16.9 Å². The van der Waals surface area contributed by atoms with E-state index >= 15 is 0 Å². The Kier molecular flexibility index (Phi) is 5.54. The number of ether oxygens (including phenoxy) is 1. The minimum absolute atomic E-state index is 0.108. The maximum Gasteiger partial charge on any atom is 0.261 e. The van der Waals surface area contributed by atoms with Crippen LogP contribution < -0.4 is 15.6 Å². The largest absolute Gasteiger partial charge is 0.481 e. The van der Waals surface area contributed by atoms with Crippen molar-refractivity contribution in [1.29, 1.82) is 0 Å². The number of pyridine rings is 1. The fourth-order valence-electron chi connectivity index (χ4n) is 3.00. The highest BCUT2D eigenvalue weighted by Crippen LogP contribution is 2.27. The third kappa shape index (κ3) is 4.80. The molecule has 28 heavy (non-hydrogen) atoms. The minimum atomic E-state index is -0.530. The number of aromatic amines is 1. The average Bonchev–Trinajstić information content (AvgIpc) is 2.64. The first-order chi connectivity index (χ1) is 13.2. The van der Waals surface area contributed by atoms with Crippen molar-refractivity contribution in [3.05, 3.63) is 65.1 Å². The van der Waals surface area contributed by atoms with Gasteiger partial charge in [-0.1, -0.05) is 25.1 Å². The van der Waals surface area contributed by atoms with Crippen molar-refractivity contribution < 1.29 is 9.53 Å². The second-order valence-electron chi connectivity index (χ2n) is 7.92. The Morgan fingerprint density at radius 1 is 1.04 bits per heavy atom. The van der Waals surface area contributed by atoms with Gasteiger partial charge in [-0.3, -0.25) is 9.59 Å². The van der Waals surface area contributed by atoms with Crippen LogP contribution in [0.25, 0.3) is 21.9 Å². The van der Waals surface area contributed by atoms with E-state index in [1.54, 1.807) is 12.3 Å². The van der Waals surface area contributed by atoms with E-state index in [-0.39, 0.29) is 17.0 Å². The standard InChI is InChI=1S/C23H26N2O3/c1-5-20(22(27)25-23(2,3)4)28-19-10-8-15-12-16(6-7-17(15)13-19)18-9-11-21(26)24-14-18/h6-14,20H,5H2,1-4H3,(H,24,26)(H,25,27). The highest BCUT2D eigenvalue weighted by Gasteiger charge is 2.23. The number of rotatable bonds is 5.